The van der Waals surface area contributed by atoms with Crippen LogP contribution in [-0.2, 0) is 33.0 Å². The van der Waals surface area contributed by atoms with Crippen LogP contribution in [-0.4, -0.2) is 13.2 Å². The second-order valence-electron chi connectivity index (χ2n) is 8.35. The molecule has 4 aromatic rings. The van der Waals surface area contributed by atoms with Crippen LogP contribution >= 0.6 is 30.8 Å². The third-order valence-electron chi connectivity index (χ3n) is 5.69. The average Bonchev–Trinajstić information content (AvgIpc) is 2.90. The van der Waals surface area contributed by atoms with Gasteiger partial charge in [-0.2, -0.15) is 0 Å². The lowest BCUT2D eigenvalue weighted by atomic mass is 10.1. The molecule has 4 rings (SSSR count). The van der Waals surface area contributed by atoms with E-state index in [1.54, 1.807) is 24.3 Å². The lowest BCUT2D eigenvalue weighted by Gasteiger charge is -2.20. The third kappa shape index (κ3) is 7.28. The fourth-order valence-electron chi connectivity index (χ4n) is 3.93. The van der Waals surface area contributed by atoms with Gasteiger partial charge in [-0.15, -0.1) is 0 Å². The molecule has 0 amide bonds. The summed E-state index contributed by atoms with van der Waals surface area (Å²) in [6, 6.07) is 24.6. The standard InChI is InChI=1S/C29H29Cl2O5P/c1-3-33-28-14-12-21(16-26(28)30)18-35-37(32,20-24-10-7-9-23-8-5-6-11-25(23)24)36-19-22-13-15-29(34-4-2)27(31)17-22/h5-17H,3-4,18-20H2,1-2H3. The van der Waals surface area contributed by atoms with Crippen molar-refractivity contribution in [3.63, 3.8) is 0 Å². The number of benzene rings is 4. The molecule has 37 heavy (non-hydrogen) atoms. The Balaban J connectivity index is 1.57. The second-order valence-corrected chi connectivity index (χ2v) is 11.2. The van der Waals surface area contributed by atoms with Crippen LogP contribution in [0.1, 0.15) is 30.5 Å². The largest absolute Gasteiger partial charge is 0.492 e. The van der Waals surface area contributed by atoms with Crippen LogP contribution in [0.2, 0.25) is 10.0 Å². The number of ether oxygens (including phenoxy) is 2. The number of rotatable bonds is 12. The molecular weight excluding hydrogens is 530 g/mol. The van der Waals surface area contributed by atoms with Crippen LogP contribution < -0.4 is 9.47 Å². The summed E-state index contributed by atoms with van der Waals surface area (Å²) < 4.78 is 37.2. The van der Waals surface area contributed by atoms with Gasteiger partial charge in [0.05, 0.1) is 42.6 Å². The molecule has 0 heterocycles. The lowest BCUT2D eigenvalue weighted by molar-refractivity contribution is 0.190. The van der Waals surface area contributed by atoms with E-state index in [0.29, 0.717) is 34.8 Å². The molecule has 0 aromatic heterocycles. The molecule has 0 N–H and O–H groups in total. The van der Waals surface area contributed by atoms with E-state index in [0.717, 1.165) is 27.5 Å². The molecule has 0 atom stereocenters. The average molecular weight is 559 g/mol. The summed E-state index contributed by atoms with van der Waals surface area (Å²) in [4.78, 5) is 0. The first-order valence-corrected chi connectivity index (χ1v) is 14.6. The zero-order valence-corrected chi connectivity index (χ0v) is 23.2. The maximum atomic E-state index is 14.1. The van der Waals surface area contributed by atoms with Gasteiger partial charge >= 0.3 is 7.60 Å². The molecule has 0 spiro atoms. The maximum absolute atomic E-state index is 14.1. The predicted octanol–water partition coefficient (Wildman–Crippen LogP) is 9.07. The first-order chi connectivity index (χ1) is 17.9. The van der Waals surface area contributed by atoms with Crippen molar-refractivity contribution in [2.45, 2.75) is 33.2 Å². The Morgan fingerprint density at radius 3 is 1.78 bits per heavy atom. The number of hydrogen-bond acceptors (Lipinski definition) is 5. The molecule has 0 radical (unpaired) electrons. The molecular formula is C29H29Cl2O5P. The number of hydrogen-bond donors (Lipinski definition) is 0. The minimum atomic E-state index is -3.60. The van der Waals surface area contributed by atoms with Gasteiger partial charge in [0.2, 0.25) is 0 Å². The Morgan fingerprint density at radius 1 is 0.703 bits per heavy atom. The van der Waals surface area contributed by atoms with Crippen molar-refractivity contribution in [3.05, 3.63) is 106 Å². The van der Waals surface area contributed by atoms with Gasteiger partial charge in [0.15, 0.2) is 0 Å². The van der Waals surface area contributed by atoms with E-state index < -0.39 is 7.60 Å². The van der Waals surface area contributed by atoms with Gasteiger partial charge in [-0.1, -0.05) is 77.8 Å². The molecule has 0 bridgehead atoms. The Hall–Kier alpha value is -2.53. The van der Waals surface area contributed by atoms with E-state index in [1.165, 1.54) is 0 Å². The van der Waals surface area contributed by atoms with Crippen molar-refractivity contribution in [1.82, 2.24) is 0 Å². The summed E-state index contributed by atoms with van der Waals surface area (Å²) in [5, 5.41) is 3.00. The van der Waals surface area contributed by atoms with Crippen molar-refractivity contribution >= 4 is 41.6 Å². The zero-order chi connectivity index (χ0) is 26.3. The molecule has 0 unspecified atom stereocenters. The highest BCUT2D eigenvalue weighted by Gasteiger charge is 2.27. The second kappa shape index (κ2) is 12.8. The number of fused-ring (bicyclic) bond motifs is 1. The Labute approximate surface area is 227 Å². The molecule has 194 valence electrons. The summed E-state index contributed by atoms with van der Waals surface area (Å²) in [5.41, 5.74) is 2.41. The highest BCUT2D eigenvalue weighted by molar-refractivity contribution is 7.53. The molecule has 0 aliphatic rings. The van der Waals surface area contributed by atoms with Crippen molar-refractivity contribution in [3.8, 4) is 11.5 Å². The summed E-state index contributed by atoms with van der Waals surface area (Å²) in [6.07, 6.45) is 0.115. The Morgan fingerprint density at radius 2 is 1.24 bits per heavy atom. The van der Waals surface area contributed by atoms with Crippen molar-refractivity contribution < 1.29 is 23.1 Å². The molecule has 0 aliphatic heterocycles. The van der Waals surface area contributed by atoms with E-state index in [4.69, 9.17) is 41.7 Å². The maximum Gasteiger partial charge on any atom is 0.335 e. The van der Waals surface area contributed by atoms with Crippen molar-refractivity contribution in [1.29, 1.82) is 0 Å². The Kier molecular flexibility index (Phi) is 9.53. The van der Waals surface area contributed by atoms with Crippen molar-refractivity contribution in [2.75, 3.05) is 13.2 Å². The summed E-state index contributed by atoms with van der Waals surface area (Å²) in [5.74, 6) is 1.19. The minimum absolute atomic E-state index is 0.0677. The van der Waals surface area contributed by atoms with Crippen LogP contribution in [0.4, 0.5) is 0 Å². The SMILES string of the molecule is CCOc1ccc(COP(=O)(Cc2cccc3ccccc23)OCc2ccc(OCC)c(Cl)c2)cc1Cl. The number of halogens is 2. The van der Waals surface area contributed by atoms with E-state index >= 15 is 0 Å². The normalized spacial score (nSPS) is 11.6. The van der Waals surface area contributed by atoms with E-state index in [1.807, 2.05) is 68.4 Å². The van der Waals surface area contributed by atoms with Crippen LogP contribution in [0.15, 0.2) is 78.9 Å². The van der Waals surface area contributed by atoms with Gasteiger partial charge in [0.1, 0.15) is 11.5 Å². The first kappa shape index (κ1) is 27.5. The topological polar surface area (TPSA) is 54.0 Å². The molecule has 4 aromatic carbocycles. The first-order valence-electron chi connectivity index (χ1n) is 12.1. The van der Waals surface area contributed by atoms with Crippen LogP contribution in [0.25, 0.3) is 10.8 Å². The van der Waals surface area contributed by atoms with Gasteiger partial charge in [0.25, 0.3) is 0 Å². The lowest BCUT2D eigenvalue weighted by Crippen LogP contribution is -2.02. The van der Waals surface area contributed by atoms with Crippen LogP contribution in [0.5, 0.6) is 11.5 Å². The van der Waals surface area contributed by atoms with Gasteiger partial charge in [0, 0.05) is 0 Å². The van der Waals surface area contributed by atoms with Gasteiger partial charge in [-0.05, 0) is 65.6 Å². The fraction of sp³-hybridized carbons (Fsp3) is 0.241. The fourth-order valence-corrected chi connectivity index (χ4v) is 6.08. The van der Waals surface area contributed by atoms with Crippen molar-refractivity contribution in [2.24, 2.45) is 0 Å². The van der Waals surface area contributed by atoms with Crippen LogP contribution in [0, 0.1) is 0 Å². The van der Waals surface area contributed by atoms with Gasteiger partial charge in [-0.25, -0.2) is 0 Å². The van der Waals surface area contributed by atoms with Crippen LogP contribution in [0.3, 0.4) is 0 Å². The quantitative estimate of drug-likeness (QED) is 0.162. The Bertz CT molecular complexity index is 1340. The summed E-state index contributed by atoms with van der Waals surface area (Å²) in [7, 11) is -3.60. The highest BCUT2D eigenvalue weighted by Crippen LogP contribution is 2.53. The molecule has 0 saturated heterocycles. The monoisotopic (exact) mass is 558 g/mol. The molecule has 5 nitrogen and oxygen atoms in total. The molecule has 0 saturated carbocycles. The smallest absolute Gasteiger partial charge is 0.335 e. The minimum Gasteiger partial charge on any atom is -0.492 e. The van der Waals surface area contributed by atoms with Gasteiger partial charge < -0.3 is 18.5 Å². The zero-order valence-electron chi connectivity index (χ0n) is 20.8. The molecule has 0 aliphatic carbocycles. The summed E-state index contributed by atoms with van der Waals surface area (Å²) in [6.45, 7) is 4.95. The van der Waals surface area contributed by atoms with E-state index in [9.17, 15) is 4.57 Å². The predicted molar refractivity (Wildman–Crippen MR) is 150 cm³/mol. The molecule has 8 heteroatoms. The van der Waals surface area contributed by atoms with E-state index in [2.05, 4.69) is 0 Å². The summed E-state index contributed by atoms with van der Waals surface area (Å²) >= 11 is 12.7. The van der Waals surface area contributed by atoms with Gasteiger partial charge in [-0.3, -0.25) is 4.57 Å². The highest BCUT2D eigenvalue weighted by atomic mass is 35.5. The third-order valence-corrected chi connectivity index (χ3v) is 8.06. The van der Waals surface area contributed by atoms with E-state index in [-0.39, 0.29) is 19.4 Å². The molecule has 0 fully saturated rings.